The van der Waals surface area contributed by atoms with E-state index in [1.807, 2.05) is 6.92 Å². The molecule has 1 aromatic carbocycles. The summed E-state index contributed by atoms with van der Waals surface area (Å²) < 4.78 is 27.7. The molecule has 0 aliphatic carbocycles. The number of nitrogens with one attached hydrogen (secondary N) is 1. The van der Waals surface area contributed by atoms with Crippen molar-refractivity contribution >= 4 is 44.4 Å². The molecule has 3 aromatic rings. The molecule has 0 spiro atoms. The molecule has 1 unspecified atom stereocenters. The van der Waals surface area contributed by atoms with E-state index in [2.05, 4.69) is 20.3 Å². The number of aliphatic hydroxyl groups excluding tert-OH is 1. The molecule has 0 bridgehead atoms. The van der Waals surface area contributed by atoms with Gasteiger partial charge in [-0.25, -0.2) is 23.7 Å². The minimum Gasteiger partial charge on any atom is -0.375 e. The number of halogens is 2. The van der Waals surface area contributed by atoms with Crippen molar-refractivity contribution in [3.05, 3.63) is 35.4 Å². The zero-order chi connectivity index (χ0) is 18.0. The van der Waals surface area contributed by atoms with Crippen LogP contribution in [0.25, 0.3) is 10.3 Å². The van der Waals surface area contributed by atoms with Gasteiger partial charge in [0.25, 0.3) is 0 Å². The second-order valence-corrected chi connectivity index (χ2v) is 7.10. The minimum atomic E-state index is -0.893. The van der Waals surface area contributed by atoms with E-state index in [-0.39, 0.29) is 11.3 Å². The third-order valence-corrected chi connectivity index (χ3v) is 5.10. The average Bonchev–Trinajstić information content (AvgIpc) is 2.96. The van der Waals surface area contributed by atoms with E-state index in [0.717, 1.165) is 17.8 Å². The third-order valence-electron chi connectivity index (χ3n) is 3.33. The zero-order valence-corrected chi connectivity index (χ0v) is 14.8. The second kappa shape index (κ2) is 7.46. The number of fused-ring (bicyclic) bond motifs is 1. The average molecular weight is 383 g/mol. The van der Waals surface area contributed by atoms with Crippen molar-refractivity contribution in [1.29, 1.82) is 0 Å². The highest BCUT2D eigenvalue weighted by molar-refractivity contribution is 7.98. The summed E-state index contributed by atoms with van der Waals surface area (Å²) >= 11 is 2.35. The smallest absolute Gasteiger partial charge is 0.191 e. The second-order valence-electron chi connectivity index (χ2n) is 5.13. The summed E-state index contributed by atoms with van der Waals surface area (Å²) in [6, 6.07) is 4.02. The van der Waals surface area contributed by atoms with Crippen LogP contribution in [-0.2, 0) is 5.75 Å². The number of hydrogen-bond donors (Lipinski definition) is 3. The maximum atomic E-state index is 13.8. The van der Waals surface area contributed by atoms with Crippen LogP contribution in [0.5, 0.6) is 0 Å². The molecule has 0 saturated carbocycles. The maximum Gasteiger partial charge on any atom is 0.191 e. The molecular weight excluding hydrogens is 368 g/mol. The van der Waals surface area contributed by atoms with Gasteiger partial charge in [0.2, 0.25) is 0 Å². The molecule has 2 aromatic heterocycles. The van der Waals surface area contributed by atoms with Crippen molar-refractivity contribution in [3.8, 4) is 0 Å². The van der Waals surface area contributed by atoms with Gasteiger partial charge < -0.3 is 16.2 Å². The molecule has 0 aliphatic heterocycles. The first-order valence-corrected chi connectivity index (χ1v) is 9.22. The standard InChI is InChI=1S/C15H15F2N5OS2/c1-2-9(23)19-12-11-13(20-14(18)25-11)22-15(21-12)24-6-7-4-3-5-8(16)10(7)17/h3-5,9,23H,2,6H2,1H3,(H3,18,19,20,21,22). The van der Waals surface area contributed by atoms with Crippen molar-refractivity contribution < 1.29 is 13.9 Å². The lowest BCUT2D eigenvalue weighted by molar-refractivity contribution is 0.199. The predicted octanol–water partition coefficient (Wildman–Crippen LogP) is 3.38. The number of anilines is 2. The Bertz CT molecular complexity index is 905. The normalized spacial score (nSPS) is 12.5. The van der Waals surface area contributed by atoms with Crippen molar-refractivity contribution in [2.75, 3.05) is 11.1 Å². The molecule has 3 rings (SSSR count). The molecule has 4 N–H and O–H groups in total. The number of benzene rings is 1. The Hall–Kier alpha value is -2.04. The first kappa shape index (κ1) is 17.8. The molecule has 132 valence electrons. The number of hydrogen-bond acceptors (Lipinski definition) is 8. The van der Waals surface area contributed by atoms with Gasteiger partial charge in [0.15, 0.2) is 33.4 Å². The monoisotopic (exact) mass is 383 g/mol. The Morgan fingerprint density at radius 3 is 2.88 bits per heavy atom. The van der Waals surface area contributed by atoms with Crippen LogP contribution >= 0.6 is 23.1 Å². The molecule has 2 heterocycles. The Morgan fingerprint density at radius 2 is 2.12 bits per heavy atom. The Morgan fingerprint density at radius 1 is 1.32 bits per heavy atom. The number of nitrogen functional groups attached to an aromatic ring is 1. The third kappa shape index (κ3) is 3.97. The van der Waals surface area contributed by atoms with Gasteiger partial charge in [-0.2, -0.15) is 0 Å². The molecule has 25 heavy (non-hydrogen) atoms. The number of nitrogens with two attached hydrogens (primary N) is 1. The van der Waals surface area contributed by atoms with Crippen LogP contribution in [0.4, 0.5) is 19.7 Å². The van der Waals surface area contributed by atoms with Gasteiger partial charge in [-0.05, 0) is 12.5 Å². The highest BCUT2D eigenvalue weighted by Crippen LogP contribution is 2.32. The summed E-state index contributed by atoms with van der Waals surface area (Å²) in [5.41, 5.74) is 6.34. The number of aromatic nitrogens is 3. The van der Waals surface area contributed by atoms with Crippen LogP contribution in [0.15, 0.2) is 23.4 Å². The quantitative estimate of drug-likeness (QED) is 0.341. The Balaban J connectivity index is 1.89. The SMILES string of the molecule is CCC(O)Nc1nc(SCc2cccc(F)c2F)nc2nc(N)sc12. The lowest BCUT2D eigenvalue weighted by Gasteiger charge is -2.12. The summed E-state index contributed by atoms with van der Waals surface area (Å²) in [6.07, 6.45) is -0.295. The number of rotatable bonds is 6. The van der Waals surface area contributed by atoms with Crippen molar-refractivity contribution in [3.63, 3.8) is 0 Å². The lowest BCUT2D eigenvalue weighted by Crippen LogP contribution is -2.18. The summed E-state index contributed by atoms with van der Waals surface area (Å²) in [5, 5.41) is 13.4. The van der Waals surface area contributed by atoms with Gasteiger partial charge in [0.05, 0.1) is 0 Å². The van der Waals surface area contributed by atoms with Gasteiger partial charge in [-0.15, -0.1) is 0 Å². The Labute approximate surface area is 150 Å². The minimum absolute atomic E-state index is 0.157. The van der Waals surface area contributed by atoms with E-state index in [1.54, 1.807) is 0 Å². The fourth-order valence-electron chi connectivity index (χ4n) is 2.04. The van der Waals surface area contributed by atoms with Crippen LogP contribution < -0.4 is 11.1 Å². The maximum absolute atomic E-state index is 13.8. The van der Waals surface area contributed by atoms with Crippen LogP contribution in [-0.4, -0.2) is 26.3 Å². The van der Waals surface area contributed by atoms with E-state index in [4.69, 9.17) is 5.73 Å². The van der Waals surface area contributed by atoms with E-state index in [9.17, 15) is 13.9 Å². The molecule has 6 nitrogen and oxygen atoms in total. The van der Waals surface area contributed by atoms with Gasteiger partial charge in [-0.3, -0.25) is 0 Å². The Kier molecular flexibility index (Phi) is 5.30. The molecule has 0 radical (unpaired) electrons. The summed E-state index contributed by atoms with van der Waals surface area (Å²) in [7, 11) is 0. The molecule has 1 atom stereocenters. The van der Waals surface area contributed by atoms with Gasteiger partial charge >= 0.3 is 0 Å². The topological polar surface area (TPSA) is 97.0 Å². The van der Waals surface area contributed by atoms with E-state index in [0.29, 0.717) is 32.9 Å². The summed E-state index contributed by atoms with van der Waals surface area (Å²) in [4.78, 5) is 12.8. The predicted molar refractivity (Wildman–Crippen MR) is 95.5 cm³/mol. The van der Waals surface area contributed by atoms with Crippen molar-refractivity contribution in [2.45, 2.75) is 30.5 Å². The number of nitrogens with zero attached hydrogens (tertiary/aromatic N) is 3. The highest BCUT2D eigenvalue weighted by atomic mass is 32.2. The molecule has 0 amide bonds. The lowest BCUT2D eigenvalue weighted by atomic mass is 10.2. The number of thiazole rings is 1. The van der Waals surface area contributed by atoms with Gasteiger partial charge in [0.1, 0.15) is 10.9 Å². The molecular formula is C15H15F2N5OS2. The summed E-state index contributed by atoms with van der Waals surface area (Å²) in [5.74, 6) is -1.20. The number of thioether (sulfide) groups is 1. The van der Waals surface area contributed by atoms with E-state index >= 15 is 0 Å². The molecule has 0 aliphatic rings. The summed E-state index contributed by atoms with van der Waals surface area (Å²) in [6.45, 7) is 1.82. The van der Waals surface area contributed by atoms with E-state index < -0.39 is 17.9 Å². The first-order valence-electron chi connectivity index (χ1n) is 7.42. The van der Waals surface area contributed by atoms with Crippen LogP contribution in [0.3, 0.4) is 0 Å². The van der Waals surface area contributed by atoms with Crippen LogP contribution in [0, 0.1) is 11.6 Å². The number of aliphatic hydroxyl groups is 1. The van der Waals surface area contributed by atoms with Crippen molar-refractivity contribution in [1.82, 2.24) is 15.0 Å². The van der Waals surface area contributed by atoms with Gasteiger partial charge in [-0.1, -0.05) is 42.2 Å². The fourth-order valence-corrected chi connectivity index (χ4v) is 3.58. The first-order chi connectivity index (χ1) is 12.0. The van der Waals surface area contributed by atoms with Crippen LogP contribution in [0.2, 0.25) is 0 Å². The zero-order valence-electron chi connectivity index (χ0n) is 13.2. The largest absolute Gasteiger partial charge is 0.375 e. The van der Waals surface area contributed by atoms with Crippen LogP contribution in [0.1, 0.15) is 18.9 Å². The highest BCUT2D eigenvalue weighted by Gasteiger charge is 2.16. The fraction of sp³-hybridized carbons (Fsp3) is 0.267. The molecule has 0 fully saturated rings. The van der Waals surface area contributed by atoms with Gasteiger partial charge in [0, 0.05) is 11.3 Å². The molecule has 0 saturated heterocycles. The van der Waals surface area contributed by atoms with Crippen molar-refractivity contribution in [2.24, 2.45) is 0 Å². The van der Waals surface area contributed by atoms with E-state index in [1.165, 1.54) is 23.5 Å². The molecule has 10 heteroatoms.